The number of nitrogens with one attached hydrogen (secondary N) is 1. The Morgan fingerprint density at radius 2 is 2.38 bits per heavy atom. The van der Waals surface area contributed by atoms with Crippen LogP contribution in [0.1, 0.15) is 12.8 Å². The van der Waals surface area contributed by atoms with Crippen molar-refractivity contribution in [1.29, 1.82) is 0 Å². The average molecular weight is 349 g/mol. The van der Waals surface area contributed by atoms with Crippen molar-refractivity contribution in [2.75, 3.05) is 26.0 Å². The lowest BCUT2D eigenvalue weighted by Crippen LogP contribution is -2.32. The molecular weight excluding hydrogens is 330 g/mol. The second kappa shape index (κ2) is 8.16. The maximum atomic E-state index is 11.8. The van der Waals surface area contributed by atoms with Crippen LogP contribution in [0.4, 0.5) is 0 Å². The first-order valence-electron chi connectivity index (χ1n) is 7.73. The lowest BCUT2D eigenvalue weighted by atomic mass is 10.2. The zero-order chi connectivity index (χ0) is 16.8. The molecule has 0 aliphatic carbocycles. The molecule has 1 amide bonds. The van der Waals surface area contributed by atoms with Crippen LogP contribution in [0.25, 0.3) is 11.5 Å². The SMILES string of the molecule is COc1cccc(-c2nnc(SCC(=O)NCC3CCCO3)o2)c1. The van der Waals surface area contributed by atoms with Crippen LogP contribution in [0.15, 0.2) is 33.9 Å². The van der Waals surface area contributed by atoms with Gasteiger partial charge in [-0.3, -0.25) is 4.79 Å². The third-order valence-corrected chi connectivity index (χ3v) is 4.42. The summed E-state index contributed by atoms with van der Waals surface area (Å²) >= 11 is 1.21. The highest BCUT2D eigenvalue weighted by Crippen LogP contribution is 2.25. The fourth-order valence-electron chi connectivity index (χ4n) is 2.35. The number of aromatic nitrogens is 2. The van der Waals surface area contributed by atoms with E-state index in [1.807, 2.05) is 24.3 Å². The molecule has 0 bridgehead atoms. The summed E-state index contributed by atoms with van der Waals surface area (Å²) < 4.78 is 16.2. The van der Waals surface area contributed by atoms with Crippen molar-refractivity contribution in [3.63, 3.8) is 0 Å². The van der Waals surface area contributed by atoms with Crippen molar-refractivity contribution in [2.45, 2.75) is 24.2 Å². The first-order valence-corrected chi connectivity index (χ1v) is 8.72. The van der Waals surface area contributed by atoms with Crippen molar-refractivity contribution < 1.29 is 18.7 Å². The fraction of sp³-hybridized carbons (Fsp3) is 0.438. The van der Waals surface area contributed by atoms with Crippen molar-refractivity contribution in [3.05, 3.63) is 24.3 Å². The number of ether oxygens (including phenoxy) is 2. The molecule has 0 radical (unpaired) electrons. The molecule has 1 fully saturated rings. The number of carbonyl (C=O) groups is 1. The third kappa shape index (κ3) is 4.48. The average Bonchev–Trinajstić information content (AvgIpc) is 3.30. The minimum atomic E-state index is -0.0726. The highest BCUT2D eigenvalue weighted by Gasteiger charge is 2.17. The number of benzene rings is 1. The second-order valence-corrected chi connectivity index (χ2v) is 6.26. The molecule has 1 aromatic heterocycles. The normalized spacial score (nSPS) is 17.0. The van der Waals surface area contributed by atoms with Crippen molar-refractivity contribution in [2.24, 2.45) is 0 Å². The van der Waals surface area contributed by atoms with E-state index >= 15 is 0 Å². The zero-order valence-electron chi connectivity index (χ0n) is 13.4. The summed E-state index contributed by atoms with van der Waals surface area (Å²) in [6.45, 7) is 1.34. The quantitative estimate of drug-likeness (QED) is 0.766. The molecule has 1 N–H and O–H groups in total. The molecule has 2 aromatic rings. The number of carbonyl (C=O) groups excluding carboxylic acids is 1. The van der Waals surface area contributed by atoms with Crippen LogP contribution in [0.3, 0.4) is 0 Å². The molecule has 128 valence electrons. The number of hydrogen-bond acceptors (Lipinski definition) is 7. The Balaban J connectivity index is 1.49. The Hall–Kier alpha value is -2.06. The molecule has 1 saturated heterocycles. The molecule has 2 heterocycles. The van der Waals surface area contributed by atoms with Gasteiger partial charge in [-0.15, -0.1) is 10.2 Å². The lowest BCUT2D eigenvalue weighted by Gasteiger charge is -2.09. The smallest absolute Gasteiger partial charge is 0.277 e. The van der Waals surface area contributed by atoms with E-state index in [2.05, 4.69) is 15.5 Å². The molecule has 1 aromatic carbocycles. The van der Waals surface area contributed by atoms with Crippen LogP contribution >= 0.6 is 11.8 Å². The summed E-state index contributed by atoms with van der Waals surface area (Å²) in [4.78, 5) is 11.8. The molecule has 1 unspecified atom stereocenters. The minimum absolute atomic E-state index is 0.0726. The van der Waals surface area contributed by atoms with Gasteiger partial charge < -0.3 is 19.2 Å². The molecule has 1 aliphatic heterocycles. The zero-order valence-corrected chi connectivity index (χ0v) is 14.2. The number of methoxy groups -OCH3 is 1. The number of nitrogens with zero attached hydrogens (tertiary/aromatic N) is 2. The summed E-state index contributed by atoms with van der Waals surface area (Å²) in [5, 5.41) is 11.2. The van der Waals surface area contributed by atoms with Gasteiger partial charge in [0.25, 0.3) is 5.22 Å². The van der Waals surface area contributed by atoms with Crippen LogP contribution < -0.4 is 10.1 Å². The van der Waals surface area contributed by atoms with Crippen LogP contribution in [0.5, 0.6) is 5.75 Å². The van der Waals surface area contributed by atoms with Crippen LogP contribution in [0.2, 0.25) is 0 Å². The van der Waals surface area contributed by atoms with E-state index in [4.69, 9.17) is 13.9 Å². The third-order valence-electron chi connectivity index (χ3n) is 3.60. The summed E-state index contributed by atoms with van der Waals surface area (Å²) in [6, 6.07) is 7.37. The minimum Gasteiger partial charge on any atom is -0.497 e. The van der Waals surface area contributed by atoms with Crippen LogP contribution in [0, 0.1) is 0 Å². The maximum Gasteiger partial charge on any atom is 0.277 e. The van der Waals surface area contributed by atoms with E-state index in [-0.39, 0.29) is 17.8 Å². The Labute approximate surface area is 144 Å². The molecular formula is C16H19N3O4S. The van der Waals surface area contributed by atoms with E-state index in [1.165, 1.54) is 11.8 Å². The van der Waals surface area contributed by atoms with E-state index < -0.39 is 0 Å². The maximum absolute atomic E-state index is 11.8. The topological polar surface area (TPSA) is 86.5 Å². The summed E-state index contributed by atoms with van der Waals surface area (Å²) in [6.07, 6.45) is 2.20. The van der Waals surface area contributed by atoms with E-state index in [0.717, 1.165) is 25.0 Å². The van der Waals surface area contributed by atoms with Gasteiger partial charge in [-0.2, -0.15) is 0 Å². The van der Waals surface area contributed by atoms with Gasteiger partial charge in [0.05, 0.1) is 19.0 Å². The molecule has 0 saturated carbocycles. The largest absolute Gasteiger partial charge is 0.497 e. The van der Waals surface area contributed by atoms with Gasteiger partial charge in [0, 0.05) is 18.7 Å². The van der Waals surface area contributed by atoms with Crippen molar-refractivity contribution in [1.82, 2.24) is 15.5 Å². The highest BCUT2D eigenvalue weighted by molar-refractivity contribution is 7.99. The molecule has 0 spiro atoms. The molecule has 3 rings (SSSR count). The predicted octanol–water partition coefficient (Wildman–Crippen LogP) is 2.13. The Bertz CT molecular complexity index is 685. The summed E-state index contributed by atoms with van der Waals surface area (Å²) in [5.74, 6) is 1.27. The Kier molecular flexibility index (Phi) is 5.71. The summed E-state index contributed by atoms with van der Waals surface area (Å²) in [5.41, 5.74) is 0.775. The van der Waals surface area contributed by atoms with Crippen molar-refractivity contribution >= 4 is 17.7 Å². The monoisotopic (exact) mass is 349 g/mol. The highest BCUT2D eigenvalue weighted by atomic mass is 32.2. The molecule has 24 heavy (non-hydrogen) atoms. The first kappa shape index (κ1) is 16.8. The molecule has 8 heteroatoms. The second-order valence-electron chi connectivity index (χ2n) is 5.33. The van der Waals surface area contributed by atoms with Gasteiger partial charge in [-0.25, -0.2) is 0 Å². The van der Waals surface area contributed by atoms with Gasteiger partial charge in [0.15, 0.2) is 0 Å². The molecule has 1 atom stereocenters. The number of amides is 1. The fourth-order valence-corrected chi connectivity index (χ4v) is 2.95. The lowest BCUT2D eigenvalue weighted by molar-refractivity contribution is -0.119. The Morgan fingerprint density at radius 3 is 3.17 bits per heavy atom. The first-order chi connectivity index (χ1) is 11.7. The predicted molar refractivity (Wildman–Crippen MR) is 89.0 cm³/mol. The number of thioether (sulfide) groups is 1. The van der Waals surface area contributed by atoms with Gasteiger partial charge in [0.1, 0.15) is 5.75 Å². The van der Waals surface area contributed by atoms with Crippen molar-refractivity contribution in [3.8, 4) is 17.2 Å². The Morgan fingerprint density at radius 1 is 1.46 bits per heavy atom. The van der Waals surface area contributed by atoms with Gasteiger partial charge >= 0.3 is 0 Å². The molecule has 1 aliphatic rings. The van der Waals surface area contributed by atoms with Gasteiger partial charge in [0.2, 0.25) is 11.8 Å². The van der Waals surface area contributed by atoms with E-state index in [0.29, 0.717) is 23.4 Å². The van der Waals surface area contributed by atoms with Gasteiger partial charge in [-0.05, 0) is 31.0 Å². The summed E-state index contributed by atoms with van der Waals surface area (Å²) in [7, 11) is 1.60. The van der Waals surface area contributed by atoms with E-state index in [9.17, 15) is 4.79 Å². The van der Waals surface area contributed by atoms with Gasteiger partial charge in [-0.1, -0.05) is 17.8 Å². The van der Waals surface area contributed by atoms with Crippen LogP contribution in [-0.4, -0.2) is 48.2 Å². The van der Waals surface area contributed by atoms with E-state index in [1.54, 1.807) is 7.11 Å². The molecule has 7 nitrogen and oxygen atoms in total. The number of hydrogen-bond donors (Lipinski definition) is 1. The standard InChI is InChI=1S/C16H19N3O4S/c1-21-12-5-2-4-11(8-12)15-18-19-16(23-15)24-10-14(20)17-9-13-6-3-7-22-13/h2,4-5,8,13H,3,6-7,9-10H2,1H3,(H,17,20). The van der Waals surface area contributed by atoms with Crippen LogP contribution in [-0.2, 0) is 9.53 Å². The number of rotatable bonds is 7.